The summed E-state index contributed by atoms with van der Waals surface area (Å²) in [6.45, 7) is 5.76. The van der Waals surface area contributed by atoms with Crippen LogP contribution in [0.4, 0.5) is 0 Å². The van der Waals surface area contributed by atoms with Crippen molar-refractivity contribution in [3.8, 4) is 6.07 Å². The molecule has 1 aromatic rings. The number of hydrogen-bond donors (Lipinski definition) is 2. The zero-order valence-electron chi connectivity index (χ0n) is 22.1. The van der Waals surface area contributed by atoms with E-state index in [1.807, 2.05) is 41.5 Å². The highest BCUT2D eigenvalue weighted by molar-refractivity contribution is 8.77. The smallest absolute Gasteiger partial charge is 0.291 e. The Balaban J connectivity index is 2.04. The minimum absolute atomic E-state index is 0.0931. The van der Waals surface area contributed by atoms with E-state index < -0.39 is 29.7 Å². The Kier molecular flexibility index (Phi) is 13.0. The summed E-state index contributed by atoms with van der Waals surface area (Å²) in [5, 5.41) is 15.3. The van der Waals surface area contributed by atoms with Crippen LogP contribution >= 0.6 is 21.6 Å². The standard InChI is InChI=1S/C27H38N4O4S2/c1-5-31(4)27(35)25(33)22(16-19-10-12-20(17-28)13-11-19)29-26(34)24(18(2)3)30-23(32)9-7-6-8-21-14-15-36-37-21/h10-13,18,21-22,24H,5-9,14-16H2,1-4H3,(H,29,34)(H,30,32)/t21?,22-,24-/m0/s1. The van der Waals surface area contributed by atoms with Crippen LogP contribution in [0.15, 0.2) is 24.3 Å². The molecule has 1 saturated heterocycles. The highest BCUT2D eigenvalue weighted by atomic mass is 33.1. The Morgan fingerprint density at radius 3 is 2.41 bits per heavy atom. The second kappa shape index (κ2) is 15.7. The molecule has 2 N–H and O–H groups in total. The first-order chi connectivity index (χ1) is 17.7. The molecule has 10 heteroatoms. The number of Topliss-reactive ketones (excluding diaryl/α,β-unsaturated/α-hetero) is 1. The fraction of sp³-hybridized carbons (Fsp3) is 0.593. The third-order valence-electron chi connectivity index (χ3n) is 6.36. The van der Waals surface area contributed by atoms with Crippen molar-refractivity contribution in [3.05, 3.63) is 35.4 Å². The summed E-state index contributed by atoms with van der Waals surface area (Å²) in [7, 11) is 5.37. The summed E-state index contributed by atoms with van der Waals surface area (Å²) in [5.41, 5.74) is 1.18. The van der Waals surface area contributed by atoms with Crippen LogP contribution in [0.25, 0.3) is 0 Å². The minimum atomic E-state index is -1.10. The van der Waals surface area contributed by atoms with Gasteiger partial charge in [-0.25, -0.2) is 0 Å². The lowest BCUT2D eigenvalue weighted by molar-refractivity contribution is -0.145. The molecule has 0 spiro atoms. The highest BCUT2D eigenvalue weighted by Gasteiger charge is 2.32. The molecule has 1 unspecified atom stereocenters. The maximum Gasteiger partial charge on any atom is 0.291 e. The van der Waals surface area contributed by atoms with Crippen LogP contribution in [-0.4, -0.2) is 65.1 Å². The Hall–Kier alpha value is -2.51. The van der Waals surface area contributed by atoms with Gasteiger partial charge in [0.15, 0.2) is 0 Å². The molecule has 8 nitrogen and oxygen atoms in total. The summed E-state index contributed by atoms with van der Waals surface area (Å²) < 4.78 is 0. The van der Waals surface area contributed by atoms with Gasteiger partial charge in [0.2, 0.25) is 17.6 Å². The second-order valence-corrected chi connectivity index (χ2v) is 12.4. The van der Waals surface area contributed by atoms with Crippen LogP contribution in [0.2, 0.25) is 0 Å². The van der Waals surface area contributed by atoms with Gasteiger partial charge in [-0.3, -0.25) is 19.2 Å². The molecule has 0 aromatic heterocycles. The molecule has 3 atom stereocenters. The van der Waals surface area contributed by atoms with Crippen molar-refractivity contribution in [1.29, 1.82) is 5.26 Å². The normalized spacial score (nSPS) is 16.5. The minimum Gasteiger partial charge on any atom is -0.344 e. The molecule has 0 radical (unpaired) electrons. The van der Waals surface area contributed by atoms with Crippen molar-refractivity contribution in [2.45, 2.75) is 76.6 Å². The molecule has 37 heavy (non-hydrogen) atoms. The maximum atomic E-state index is 13.2. The fourth-order valence-corrected chi connectivity index (χ4v) is 6.93. The Morgan fingerprint density at radius 1 is 1.14 bits per heavy atom. The third-order valence-corrected chi connectivity index (χ3v) is 9.37. The van der Waals surface area contributed by atoms with Crippen molar-refractivity contribution in [1.82, 2.24) is 15.5 Å². The predicted molar refractivity (Wildman–Crippen MR) is 149 cm³/mol. The van der Waals surface area contributed by atoms with Crippen molar-refractivity contribution >= 4 is 45.1 Å². The number of hydrogen-bond acceptors (Lipinski definition) is 7. The van der Waals surface area contributed by atoms with Crippen molar-refractivity contribution in [3.63, 3.8) is 0 Å². The largest absolute Gasteiger partial charge is 0.344 e. The van der Waals surface area contributed by atoms with Crippen LogP contribution < -0.4 is 10.6 Å². The number of ketones is 1. The maximum absolute atomic E-state index is 13.2. The van der Waals surface area contributed by atoms with Gasteiger partial charge >= 0.3 is 0 Å². The van der Waals surface area contributed by atoms with Gasteiger partial charge in [-0.2, -0.15) is 5.26 Å². The van der Waals surface area contributed by atoms with E-state index >= 15 is 0 Å². The molecule has 0 bridgehead atoms. The van der Waals surface area contributed by atoms with Gasteiger partial charge in [-0.15, -0.1) is 0 Å². The van der Waals surface area contributed by atoms with Crippen LogP contribution in [0, 0.1) is 17.2 Å². The van der Waals surface area contributed by atoms with Crippen LogP contribution in [0.3, 0.4) is 0 Å². The summed E-state index contributed by atoms with van der Waals surface area (Å²) in [6, 6.07) is 6.76. The van der Waals surface area contributed by atoms with E-state index in [0.717, 1.165) is 19.3 Å². The summed E-state index contributed by atoms with van der Waals surface area (Å²) in [6.07, 6.45) is 4.48. The number of rotatable bonds is 14. The van der Waals surface area contributed by atoms with Gasteiger partial charge in [0, 0.05) is 37.4 Å². The third kappa shape index (κ3) is 10.0. The Morgan fingerprint density at radius 2 is 1.84 bits per heavy atom. The summed E-state index contributed by atoms with van der Waals surface area (Å²) in [5.74, 6) is -1.13. The molecular weight excluding hydrogens is 508 g/mol. The van der Waals surface area contributed by atoms with Crippen LogP contribution in [0.1, 0.15) is 64.0 Å². The fourth-order valence-electron chi connectivity index (χ4n) is 3.91. The first-order valence-electron chi connectivity index (χ1n) is 12.8. The number of likely N-dealkylation sites (N-methyl/N-ethyl adjacent to an activating group) is 1. The molecule has 3 amide bonds. The number of unbranched alkanes of at least 4 members (excludes halogenated alkanes) is 1. The van der Waals surface area contributed by atoms with Gasteiger partial charge in [0.05, 0.1) is 11.6 Å². The lowest BCUT2D eigenvalue weighted by Gasteiger charge is -2.26. The number of amides is 3. The number of nitrogens with zero attached hydrogens (tertiary/aromatic N) is 2. The Bertz CT molecular complexity index is 972. The first kappa shape index (κ1) is 30.7. The van der Waals surface area contributed by atoms with Crippen molar-refractivity contribution in [2.24, 2.45) is 5.92 Å². The van der Waals surface area contributed by atoms with Crippen molar-refractivity contribution < 1.29 is 19.2 Å². The van der Waals surface area contributed by atoms with Gasteiger partial charge < -0.3 is 15.5 Å². The summed E-state index contributed by atoms with van der Waals surface area (Å²) in [4.78, 5) is 52.8. The quantitative estimate of drug-likeness (QED) is 0.208. The van der Waals surface area contributed by atoms with E-state index in [9.17, 15) is 19.2 Å². The molecule has 0 aliphatic carbocycles. The van der Waals surface area contributed by atoms with E-state index in [-0.39, 0.29) is 18.2 Å². The monoisotopic (exact) mass is 546 g/mol. The van der Waals surface area contributed by atoms with E-state index in [2.05, 4.69) is 10.6 Å². The predicted octanol–water partition coefficient (Wildman–Crippen LogP) is 3.49. The van der Waals surface area contributed by atoms with Gasteiger partial charge in [0.25, 0.3) is 5.91 Å². The zero-order valence-corrected chi connectivity index (χ0v) is 23.8. The molecule has 0 saturated carbocycles. The molecule has 202 valence electrons. The lowest BCUT2D eigenvalue weighted by Crippen LogP contribution is -2.56. The van der Waals surface area contributed by atoms with Gasteiger partial charge in [0.1, 0.15) is 12.1 Å². The molecule has 1 aliphatic heterocycles. The first-order valence-corrected chi connectivity index (χ1v) is 15.2. The van der Waals surface area contributed by atoms with Crippen LogP contribution in [-0.2, 0) is 25.6 Å². The average Bonchev–Trinajstić information content (AvgIpc) is 3.41. The number of carbonyl (C=O) groups excluding carboxylic acids is 4. The molecule has 2 rings (SSSR count). The van der Waals surface area contributed by atoms with E-state index in [1.165, 1.54) is 24.1 Å². The average molecular weight is 547 g/mol. The number of nitrogens with one attached hydrogen (secondary N) is 2. The molecule has 1 heterocycles. The molecular formula is C27H38N4O4S2. The number of carbonyl (C=O) groups is 4. The highest BCUT2D eigenvalue weighted by Crippen LogP contribution is 2.39. The van der Waals surface area contributed by atoms with Gasteiger partial charge in [-0.05, 0) is 49.8 Å². The van der Waals surface area contributed by atoms with E-state index in [0.29, 0.717) is 29.3 Å². The SMILES string of the molecule is CCN(C)C(=O)C(=O)[C@H](Cc1ccc(C#N)cc1)NC(=O)[C@@H](NC(=O)CCCCC1CCSS1)C(C)C. The molecule has 1 aromatic carbocycles. The lowest BCUT2D eigenvalue weighted by atomic mass is 9.98. The summed E-state index contributed by atoms with van der Waals surface area (Å²) >= 11 is 0. The topological polar surface area (TPSA) is 119 Å². The second-order valence-electron chi connectivity index (χ2n) is 9.62. The Labute approximate surface area is 228 Å². The van der Waals surface area contributed by atoms with E-state index in [4.69, 9.17) is 5.26 Å². The zero-order chi connectivity index (χ0) is 27.4. The number of benzene rings is 1. The van der Waals surface area contributed by atoms with Gasteiger partial charge in [-0.1, -0.05) is 54.0 Å². The van der Waals surface area contributed by atoms with E-state index in [1.54, 1.807) is 31.2 Å². The van der Waals surface area contributed by atoms with Crippen LogP contribution in [0.5, 0.6) is 0 Å². The molecule has 1 fully saturated rings. The number of nitriles is 1. The van der Waals surface area contributed by atoms with Crippen molar-refractivity contribution in [2.75, 3.05) is 19.3 Å². The molecule has 1 aliphatic rings.